The fourth-order valence-electron chi connectivity index (χ4n) is 2.47. The minimum Gasteiger partial charge on any atom is -0.376 e. The van der Waals surface area contributed by atoms with Gasteiger partial charge in [0.2, 0.25) is 0 Å². The van der Waals surface area contributed by atoms with Gasteiger partial charge in [0.1, 0.15) is 5.78 Å². The van der Waals surface area contributed by atoms with E-state index in [2.05, 4.69) is 15.3 Å². The number of carbonyl (C=O) groups is 1. The van der Waals surface area contributed by atoms with Gasteiger partial charge in [-0.05, 0) is 19.8 Å². The van der Waals surface area contributed by atoms with Gasteiger partial charge < -0.3 is 4.74 Å². The first-order chi connectivity index (χ1) is 10.6. The lowest BCUT2D eigenvalue weighted by Crippen LogP contribution is -2.16. The van der Waals surface area contributed by atoms with Crippen LogP contribution in [0.4, 0.5) is 0 Å². The molecule has 1 saturated heterocycles. The van der Waals surface area contributed by atoms with Crippen molar-refractivity contribution in [2.24, 2.45) is 7.05 Å². The summed E-state index contributed by atoms with van der Waals surface area (Å²) in [5, 5.41) is 13.5. The van der Waals surface area contributed by atoms with Gasteiger partial charge in [0.05, 0.1) is 30.2 Å². The average Bonchev–Trinajstić information content (AvgIpc) is 3.18. The highest BCUT2D eigenvalue weighted by Gasteiger charge is 2.22. The van der Waals surface area contributed by atoms with E-state index in [-0.39, 0.29) is 11.9 Å². The Morgan fingerprint density at radius 2 is 2.36 bits per heavy atom. The predicted molar refractivity (Wildman–Crippen MR) is 82.6 cm³/mol. The number of aryl methyl sites for hydroxylation is 1. The quantitative estimate of drug-likeness (QED) is 0.751. The number of thioether (sulfide) groups is 1. The Labute approximate surface area is 133 Å². The molecule has 0 amide bonds. The molecule has 0 spiro atoms. The SMILES string of the molecule is CC(=O)CSc1nnc(-c2cnn(C)c2)n1C[C@@H]1CCCO1. The fourth-order valence-corrected chi connectivity index (χ4v) is 3.22. The van der Waals surface area contributed by atoms with Crippen molar-refractivity contribution in [2.75, 3.05) is 12.4 Å². The van der Waals surface area contributed by atoms with Crippen LogP contribution in [0, 0.1) is 0 Å². The zero-order chi connectivity index (χ0) is 15.5. The molecule has 1 atom stereocenters. The molecule has 0 unspecified atom stereocenters. The van der Waals surface area contributed by atoms with Crippen molar-refractivity contribution in [3.05, 3.63) is 12.4 Å². The largest absolute Gasteiger partial charge is 0.376 e. The van der Waals surface area contributed by atoms with E-state index in [0.29, 0.717) is 12.3 Å². The van der Waals surface area contributed by atoms with Crippen LogP contribution in [0.3, 0.4) is 0 Å². The van der Waals surface area contributed by atoms with Crippen LogP contribution in [0.2, 0.25) is 0 Å². The van der Waals surface area contributed by atoms with Crippen LogP contribution in [-0.2, 0) is 23.1 Å². The second-order valence-electron chi connectivity index (χ2n) is 5.45. The van der Waals surface area contributed by atoms with E-state index in [1.165, 1.54) is 11.8 Å². The summed E-state index contributed by atoms with van der Waals surface area (Å²) in [6.07, 6.45) is 6.00. The molecule has 1 aliphatic rings. The van der Waals surface area contributed by atoms with E-state index in [1.54, 1.807) is 17.8 Å². The number of carbonyl (C=O) groups excluding carboxylic acids is 1. The maximum Gasteiger partial charge on any atom is 0.192 e. The molecule has 0 aliphatic carbocycles. The molecule has 1 fully saturated rings. The second kappa shape index (κ2) is 6.62. The molecule has 3 rings (SSSR count). The molecule has 0 radical (unpaired) electrons. The Balaban J connectivity index is 1.89. The number of hydrogen-bond donors (Lipinski definition) is 0. The summed E-state index contributed by atoms with van der Waals surface area (Å²) in [5.41, 5.74) is 0.919. The molecule has 2 aromatic heterocycles. The molecule has 0 saturated carbocycles. The summed E-state index contributed by atoms with van der Waals surface area (Å²) < 4.78 is 9.51. The van der Waals surface area contributed by atoms with Crippen molar-refractivity contribution in [2.45, 2.75) is 37.6 Å². The van der Waals surface area contributed by atoms with E-state index in [1.807, 2.05) is 17.8 Å². The van der Waals surface area contributed by atoms with Gasteiger partial charge in [-0.25, -0.2) is 0 Å². The maximum absolute atomic E-state index is 11.2. The monoisotopic (exact) mass is 321 g/mol. The maximum atomic E-state index is 11.2. The van der Waals surface area contributed by atoms with Crippen LogP contribution in [0.15, 0.2) is 17.6 Å². The smallest absolute Gasteiger partial charge is 0.192 e. The predicted octanol–water partition coefficient (Wildman–Crippen LogP) is 1.54. The van der Waals surface area contributed by atoms with Gasteiger partial charge >= 0.3 is 0 Å². The zero-order valence-corrected chi connectivity index (χ0v) is 13.5. The van der Waals surface area contributed by atoms with Crippen molar-refractivity contribution in [1.29, 1.82) is 0 Å². The standard InChI is InChI=1S/C14H19N5O2S/c1-10(20)9-22-14-17-16-13(11-6-15-18(2)7-11)19(14)8-12-4-3-5-21-12/h6-7,12H,3-5,8-9H2,1-2H3/t12-/m0/s1. The zero-order valence-electron chi connectivity index (χ0n) is 12.7. The van der Waals surface area contributed by atoms with Gasteiger partial charge in [-0.3, -0.25) is 14.0 Å². The van der Waals surface area contributed by atoms with Crippen molar-refractivity contribution in [3.63, 3.8) is 0 Å². The molecule has 0 aromatic carbocycles. The number of Topliss-reactive ketones (excluding diaryl/α,β-unsaturated/α-hetero) is 1. The van der Waals surface area contributed by atoms with E-state index in [9.17, 15) is 4.79 Å². The third-order valence-electron chi connectivity index (χ3n) is 3.49. The molecular formula is C14H19N5O2S. The van der Waals surface area contributed by atoms with Crippen LogP contribution in [0.25, 0.3) is 11.4 Å². The normalized spacial score (nSPS) is 18.0. The van der Waals surface area contributed by atoms with Crippen molar-refractivity contribution >= 4 is 17.5 Å². The molecule has 7 nitrogen and oxygen atoms in total. The van der Waals surface area contributed by atoms with E-state index >= 15 is 0 Å². The van der Waals surface area contributed by atoms with Crippen molar-refractivity contribution < 1.29 is 9.53 Å². The number of hydrogen-bond acceptors (Lipinski definition) is 6. The molecule has 3 heterocycles. The number of ketones is 1. The summed E-state index contributed by atoms with van der Waals surface area (Å²) in [4.78, 5) is 11.2. The van der Waals surface area contributed by atoms with Crippen molar-refractivity contribution in [3.8, 4) is 11.4 Å². The van der Waals surface area contributed by atoms with Crippen LogP contribution in [0.5, 0.6) is 0 Å². The summed E-state index contributed by atoms with van der Waals surface area (Å²) in [5.74, 6) is 1.30. The van der Waals surface area contributed by atoms with Crippen LogP contribution in [-0.4, -0.2) is 48.8 Å². The average molecular weight is 321 g/mol. The molecule has 2 aromatic rings. The van der Waals surface area contributed by atoms with Crippen LogP contribution < -0.4 is 0 Å². The Bertz CT molecular complexity index is 660. The Kier molecular flexibility index (Phi) is 4.58. The van der Waals surface area contributed by atoms with Gasteiger partial charge in [0.15, 0.2) is 11.0 Å². The first kappa shape index (κ1) is 15.2. The Morgan fingerprint density at radius 1 is 1.50 bits per heavy atom. The third-order valence-corrected chi connectivity index (χ3v) is 4.61. The Hall–Kier alpha value is -1.67. The van der Waals surface area contributed by atoms with E-state index in [4.69, 9.17) is 4.74 Å². The number of ether oxygens (including phenoxy) is 1. The van der Waals surface area contributed by atoms with Gasteiger partial charge in [0, 0.05) is 19.9 Å². The Morgan fingerprint density at radius 3 is 3.00 bits per heavy atom. The highest BCUT2D eigenvalue weighted by Crippen LogP contribution is 2.26. The van der Waals surface area contributed by atoms with Crippen molar-refractivity contribution in [1.82, 2.24) is 24.5 Å². The highest BCUT2D eigenvalue weighted by atomic mass is 32.2. The third kappa shape index (κ3) is 3.38. The highest BCUT2D eigenvalue weighted by molar-refractivity contribution is 7.99. The molecule has 118 valence electrons. The lowest BCUT2D eigenvalue weighted by atomic mass is 10.2. The number of rotatable bonds is 6. The van der Waals surface area contributed by atoms with Crippen LogP contribution >= 0.6 is 11.8 Å². The molecule has 22 heavy (non-hydrogen) atoms. The van der Waals surface area contributed by atoms with Gasteiger partial charge in [0.25, 0.3) is 0 Å². The van der Waals surface area contributed by atoms with Crippen LogP contribution in [0.1, 0.15) is 19.8 Å². The first-order valence-electron chi connectivity index (χ1n) is 7.29. The molecule has 0 bridgehead atoms. The van der Waals surface area contributed by atoms with E-state index < -0.39 is 0 Å². The minimum atomic E-state index is 0.125. The lowest BCUT2D eigenvalue weighted by Gasteiger charge is -2.13. The van der Waals surface area contributed by atoms with E-state index in [0.717, 1.165) is 36.0 Å². The number of aromatic nitrogens is 5. The molecular weight excluding hydrogens is 302 g/mol. The summed E-state index contributed by atoms with van der Waals surface area (Å²) in [6.45, 7) is 3.10. The minimum absolute atomic E-state index is 0.125. The second-order valence-corrected chi connectivity index (χ2v) is 6.39. The summed E-state index contributed by atoms with van der Waals surface area (Å²) in [7, 11) is 1.87. The lowest BCUT2D eigenvalue weighted by molar-refractivity contribution is -0.114. The fraction of sp³-hybridized carbons (Fsp3) is 0.571. The molecule has 0 N–H and O–H groups in total. The van der Waals surface area contributed by atoms with Gasteiger partial charge in [-0.2, -0.15) is 5.10 Å². The molecule has 8 heteroatoms. The van der Waals surface area contributed by atoms with Gasteiger partial charge in [-0.15, -0.1) is 10.2 Å². The van der Waals surface area contributed by atoms with Gasteiger partial charge in [-0.1, -0.05) is 11.8 Å². The number of nitrogens with zero attached hydrogens (tertiary/aromatic N) is 5. The topological polar surface area (TPSA) is 74.8 Å². The molecule has 1 aliphatic heterocycles. The summed E-state index contributed by atoms with van der Waals surface area (Å²) in [6, 6.07) is 0. The first-order valence-corrected chi connectivity index (χ1v) is 8.28. The summed E-state index contributed by atoms with van der Waals surface area (Å²) >= 11 is 1.42.